The molecule has 4 atom stereocenters. The van der Waals surface area contributed by atoms with Crippen molar-refractivity contribution >= 4 is 0 Å². The molecule has 3 saturated heterocycles. The van der Waals surface area contributed by atoms with Crippen molar-refractivity contribution < 1.29 is 28.5 Å². The Balaban J connectivity index is 0.00000120. The van der Waals surface area contributed by atoms with Crippen LogP contribution in [0.2, 0.25) is 0 Å². The number of nitrogens with zero attached hydrogens (tertiary/aromatic N) is 2. The molecule has 3 aliphatic rings. The first-order valence-electron chi connectivity index (χ1n) is 7.67. The molecule has 0 amide bonds. The molecule has 0 aromatic heterocycles. The standard InChI is InChI=1S/C15H29N2.HI/c1-16-12-8-4-5-9-13(16)15-11-7-6-10-14(12)17(15,2)3;/h12-15H,4-11H2,1-3H3;1H/q+1;/p-1. The molecular formula is C15H29IN2. The van der Waals surface area contributed by atoms with Crippen molar-refractivity contribution in [3.8, 4) is 0 Å². The average molecular weight is 364 g/mol. The molecule has 4 unspecified atom stereocenters. The summed E-state index contributed by atoms with van der Waals surface area (Å²) in [5.41, 5.74) is 0. The fourth-order valence-electron chi connectivity index (χ4n) is 5.18. The van der Waals surface area contributed by atoms with Gasteiger partial charge in [-0.15, -0.1) is 0 Å². The van der Waals surface area contributed by atoms with Crippen LogP contribution in [0.15, 0.2) is 0 Å². The van der Waals surface area contributed by atoms with Gasteiger partial charge in [-0.05, 0) is 32.7 Å². The van der Waals surface area contributed by atoms with Crippen molar-refractivity contribution in [2.24, 2.45) is 0 Å². The van der Waals surface area contributed by atoms with Crippen LogP contribution in [0, 0.1) is 0 Å². The molecule has 0 saturated carbocycles. The minimum Gasteiger partial charge on any atom is -1.00 e. The van der Waals surface area contributed by atoms with Crippen molar-refractivity contribution in [3.05, 3.63) is 0 Å². The molecule has 4 bridgehead atoms. The summed E-state index contributed by atoms with van der Waals surface area (Å²) in [6, 6.07) is 3.54. The minimum atomic E-state index is 0. The largest absolute Gasteiger partial charge is 1.00 e. The van der Waals surface area contributed by atoms with Crippen molar-refractivity contribution in [2.45, 2.75) is 75.5 Å². The number of piperazine rings is 1. The van der Waals surface area contributed by atoms with Gasteiger partial charge in [-0.1, -0.05) is 12.8 Å². The van der Waals surface area contributed by atoms with E-state index >= 15 is 0 Å². The summed E-state index contributed by atoms with van der Waals surface area (Å²) in [4.78, 5) is 2.79. The van der Waals surface area contributed by atoms with E-state index in [9.17, 15) is 0 Å². The molecule has 3 heteroatoms. The minimum absolute atomic E-state index is 0. The molecule has 0 spiro atoms. The van der Waals surface area contributed by atoms with Gasteiger partial charge in [0.05, 0.1) is 26.2 Å². The van der Waals surface area contributed by atoms with Gasteiger partial charge in [0, 0.05) is 12.8 Å². The second-order valence-corrected chi connectivity index (χ2v) is 7.13. The maximum Gasteiger partial charge on any atom is 0.105 e. The zero-order valence-electron chi connectivity index (χ0n) is 12.2. The molecule has 3 fully saturated rings. The monoisotopic (exact) mass is 364 g/mol. The highest BCUT2D eigenvalue weighted by molar-refractivity contribution is 4.96. The summed E-state index contributed by atoms with van der Waals surface area (Å²) < 4.78 is 1.32. The van der Waals surface area contributed by atoms with Gasteiger partial charge in [-0.3, -0.25) is 4.90 Å². The molecule has 2 nitrogen and oxygen atoms in total. The first kappa shape index (κ1) is 15.0. The lowest BCUT2D eigenvalue weighted by molar-refractivity contribution is -0.949. The van der Waals surface area contributed by atoms with Crippen molar-refractivity contribution in [3.63, 3.8) is 0 Å². The molecule has 0 aromatic rings. The molecule has 0 aliphatic carbocycles. The lowest BCUT2D eigenvalue weighted by Crippen LogP contribution is -3.00. The van der Waals surface area contributed by atoms with E-state index in [0.717, 1.165) is 24.2 Å². The van der Waals surface area contributed by atoms with Crippen LogP contribution in [0.3, 0.4) is 0 Å². The Morgan fingerprint density at radius 3 is 1.61 bits per heavy atom. The fourth-order valence-corrected chi connectivity index (χ4v) is 5.18. The molecule has 0 aromatic carbocycles. The van der Waals surface area contributed by atoms with E-state index in [2.05, 4.69) is 26.0 Å². The Bertz CT molecular complexity index is 266. The Morgan fingerprint density at radius 1 is 0.778 bits per heavy atom. The van der Waals surface area contributed by atoms with Crippen LogP contribution < -0.4 is 24.0 Å². The van der Waals surface area contributed by atoms with Crippen LogP contribution >= 0.6 is 0 Å². The summed E-state index contributed by atoms with van der Waals surface area (Å²) in [5.74, 6) is 0. The zero-order chi connectivity index (χ0) is 12.0. The van der Waals surface area contributed by atoms with E-state index in [4.69, 9.17) is 0 Å². The first-order chi connectivity index (χ1) is 8.12. The van der Waals surface area contributed by atoms with Crippen LogP contribution in [-0.4, -0.2) is 54.7 Å². The van der Waals surface area contributed by atoms with E-state index in [1.54, 1.807) is 0 Å². The van der Waals surface area contributed by atoms with Gasteiger partial charge < -0.3 is 28.5 Å². The normalized spacial score (nSPS) is 43.5. The topological polar surface area (TPSA) is 3.24 Å². The van der Waals surface area contributed by atoms with E-state index < -0.39 is 0 Å². The van der Waals surface area contributed by atoms with Crippen molar-refractivity contribution in [1.29, 1.82) is 0 Å². The average Bonchev–Trinajstić information content (AvgIpc) is 2.46. The number of likely N-dealkylation sites (N-methyl/N-ethyl adjacent to an activating group) is 2. The summed E-state index contributed by atoms with van der Waals surface area (Å²) >= 11 is 0. The molecular weight excluding hydrogens is 335 g/mol. The van der Waals surface area contributed by atoms with Gasteiger partial charge in [0.25, 0.3) is 0 Å². The second-order valence-electron chi connectivity index (χ2n) is 7.13. The third kappa shape index (κ3) is 2.24. The van der Waals surface area contributed by atoms with E-state index in [0.29, 0.717) is 0 Å². The summed E-state index contributed by atoms with van der Waals surface area (Å²) in [6.07, 6.45) is 11.7. The molecule has 3 aliphatic heterocycles. The number of fused-ring (bicyclic) bond motifs is 6. The van der Waals surface area contributed by atoms with Crippen LogP contribution in [0.5, 0.6) is 0 Å². The maximum absolute atomic E-state index is 2.79. The van der Waals surface area contributed by atoms with Gasteiger partial charge in [-0.25, -0.2) is 0 Å². The summed E-state index contributed by atoms with van der Waals surface area (Å²) in [6.45, 7) is 0. The van der Waals surface area contributed by atoms with Crippen LogP contribution in [-0.2, 0) is 0 Å². The van der Waals surface area contributed by atoms with Gasteiger partial charge in [0.1, 0.15) is 12.1 Å². The van der Waals surface area contributed by atoms with Gasteiger partial charge >= 0.3 is 0 Å². The Labute approximate surface area is 130 Å². The Morgan fingerprint density at radius 2 is 1.17 bits per heavy atom. The third-order valence-electron chi connectivity index (χ3n) is 6.14. The van der Waals surface area contributed by atoms with Crippen LogP contribution in [0.1, 0.15) is 51.4 Å². The summed E-state index contributed by atoms with van der Waals surface area (Å²) in [7, 11) is 7.48. The fraction of sp³-hybridized carbons (Fsp3) is 1.00. The molecule has 0 radical (unpaired) electrons. The second kappa shape index (κ2) is 5.57. The highest BCUT2D eigenvalue weighted by Crippen LogP contribution is 2.42. The van der Waals surface area contributed by atoms with E-state index in [1.807, 2.05) is 0 Å². The number of halogens is 1. The maximum atomic E-state index is 2.79. The highest BCUT2D eigenvalue weighted by atomic mass is 127. The predicted molar refractivity (Wildman–Crippen MR) is 72.0 cm³/mol. The number of rotatable bonds is 0. The number of quaternary nitrogens is 1. The highest BCUT2D eigenvalue weighted by Gasteiger charge is 2.53. The quantitative estimate of drug-likeness (QED) is 0.419. The molecule has 18 heavy (non-hydrogen) atoms. The third-order valence-corrected chi connectivity index (χ3v) is 6.14. The summed E-state index contributed by atoms with van der Waals surface area (Å²) in [5, 5.41) is 0. The van der Waals surface area contributed by atoms with Gasteiger partial charge in [0.2, 0.25) is 0 Å². The van der Waals surface area contributed by atoms with Crippen LogP contribution in [0.25, 0.3) is 0 Å². The first-order valence-corrected chi connectivity index (χ1v) is 7.67. The van der Waals surface area contributed by atoms with Crippen molar-refractivity contribution in [1.82, 2.24) is 4.90 Å². The molecule has 3 heterocycles. The Kier molecular flexibility index (Phi) is 4.65. The zero-order valence-corrected chi connectivity index (χ0v) is 14.4. The molecule has 106 valence electrons. The number of hydrogen-bond donors (Lipinski definition) is 0. The van der Waals surface area contributed by atoms with Gasteiger partial charge in [-0.2, -0.15) is 0 Å². The van der Waals surface area contributed by atoms with E-state index in [-0.39, 0.29) is 24.0 Å². The number of hydrogen-bond acceptors (Lipinski definition) is 1. The predicted octanol–water partition coefficient (Wildman–Crippen LogP) is -0.365. The Hall–Kier alpha value is 0.650. The SMILES string of the molecule is CN1C2CCCCC1C1CCCCC2[N+]1(C)C.[I-]. The lowest BCUT2D eigenvalue weighted by atomic mass is 9.88. The van der Waals surface area contributed by atoms with Crippen LogP contribution in [0.4, 0.5) is 0 Å². The smallest absolute Gasteiger partial charge is 0.105 e. The molecule has 0 N–H and O–H groups in total. The lowest BCUT2D eigenvalue weighted by Gasteiger charge is -2.57. The molecule has 3 rings (SSSR count). The van der Waals surface area contributed by atoms with Gasteiger partial charge in [0.15, 0.2) is 0 Å². The van der Waals surface area contributed by atoms with Crippen molar-refractivity contribution in [2.75, 3.05) is 21.1 Å². The van der Waals surface area contributed by atoms with E-state index in [1.165, 1.54) is 55.8 Å².